The third kappa shape index (κ3) is 2.49. The van der Waals surface area contributed by atoms with Crippen molar-refractivity contribution in [2.75, 3.05) is 14.1 Å². The third-order valence-corrected chi connectivity index (χ3v) is 5.44. The van der Waals surface area contributed by atoms with Crippen molar-refractivity contribution in [1.82, 2.24) is 10.0 Å². The molecule has 0 amide bonds. The molecular weight excluding hydrogens is 263 g/mol. The van der Waals surface area contributed by atoms with Crippen molar-refractivity contribution in [1.29, 1.82) is 0 Å². The molecule has 0 saturated heterocycles. The van der Waals surface area contributed by atoms with E-state index in [0.29, 0.717) is 24.7 Å². The van der Waals surface area contributed by atoms with Gasteiger partial charge in [0.1, 0.15) is 0 Å². The molecule has 0 fully saturated rings. The van der Waals surface area contributed by atoms with E-state index in [0.717, 1.165) is 0 Å². The molecule has 1 aromatic rings. The summed E-state index contributed by atoms with van der Waals surface area (Å²) < 4.78 is 0. The van der Waals surface area contributed by atoms with Gasteiger partial charge in [0.2, 0.25) is 0 Å². The van der Waals surface area contributed by atoms with Crippen LogP contribution in [0.3, 0.4) is 0 Å². The predicted octanol–water partition coefficient (Wildman–Crippen LogP) is 2.50. The Morgan fingerprint density at radius 1 is 1.19 bits per heavy atom. The fourth-order valence-electron chi connectivity index (χ4n) is 1.79. The van der Waals surface area contributed by atoms with Crippen LogP contribution < -0.4 is 0 Å². The fraction of sp³-hybridized carbons (Fsp3) is 0.385. The summed E-state index contributed by atoms with van der Waals surface area (Å²) in [7, 11) is 4.21. The molecule has 0 aliphatic carbocycles. The van der Waals surface area contributed by atoms with Gasteiger partial charge in [0.15, 0.2) is 0 Å². The van der Waals surface area contributed by atoms with Crippen LogP contribution in [0.4, 0.5) is 0 Å². The molecule has 16 heavy (non-hydrogen) atoms. The molecule has 1 heterocycles. The zero-order valence-electron chi connectivity index (χ0n) is 10.00. The molecular formula is C13H18N2Se. The van der Waals surface area contributed by atoms with E-state index in [1.807, 2.05) is 0 Å². The first-order valence-corrected chi connectivity index (χ1v) is 7.50. The Kier molecular flexibility index (Phi) is 3.70. The zero-order valence-corrected chi connectivity index (χ0v) is 11.7. The maximum atomic E-state index is 2.33. The van der Waals surface area contributed by atoms with Crippen LogP contribution in [0.25, 0.3) is 0 Å². The topological polar surface area (TPSA) is 6.48 Å². The average Bonchev–Trinajstić information content (AvgIpc) is 2.29. The minimum atomic E-state index is 0.531. The van der Waals surface area contributed by atoms with E-state index < -0.39 is 0 Å². The van der Waals surface area contributed by atoms with Crippen LogP contribution in [0.2, 0.25) is 4.82 Å². The first-order valence-electron chi connectivity index (χ1n) is 5.53. The minimum absolute atomic E-state index is 0.531. The molecule has 0 aromatic heterocycles. The SMILES string of the molecule is C[C@@H]1C=CN(N(C)C)[C@@H](c2ccccc2)[Se]1. The Morgan fingerprint density at radius 2 is 1.88 bits per heavy atom. The van der Waals surface area contributed by atoms with Gasteiger partial charge in [-0.25, -0.2) is 0 Å². The summed E-state index contributed by atoms with van der Waals surface area (Å²) in [6.07, 6.45) is 4.52. The Bertz CT molecular complexity index is 361. The molecule has 1 aliphatic rings. The second kappa shape index (κ2) is 5.05. The number of rotatable bonds is 2. The van der Waals surface area contributed by atoms with Crippen molar-refractivity contribution >= 4 is 15.0 Å². The average molecular weight is 281 g/mol. The normalized spacial score (nSPS) is 25.1. The standard InChI is InChI=1S/C13H18N2Se/c1-11-9-10-15(14(2)3)13(16-11)12-7-5-4-6-8-12/h4-11,13H,1-3H3/t11-,13-/m1/s1. The second-order valence-corrected chi connectivity index (χ2v) is 7.24. The molecule has 0 spiro atoms. The van der Waals surface area contributed by atoms with Gasteiger partial charge in [-0.3, -0.25) is 0 Å². The van der Waals surface area contributed by atoms with Gasteiger partial charge in [0.25, 0.3) is 0 Å². The van der Waals surface area contributed by atoms with E-state index in [4.69, 9.17) is 0 Å². The summed E-state index contributed by atoms with van der Waals surface area (Å²) in [5.74, 6) is 0. The van der Waals surface area contributed by atoms with E-state index in [1.54, 1.807) is 0 Å². The molecule has 86 valence electrons. The number of hydrogen-bond acceptors (Lipinski definition) is 2. The molecule has 0 radical (unpaired) electrons. The van der Waals surface area contributed by atoms with E-state index in [1.165, 1.54) is 5.56 Å². The molecule has 2 rings (SSSR count). The Morgan fingerprint density at radius 3 is 2.50 bits per heavy atom. The van der Waals surface area contributed by atoms with Crippen LogP contribution in [-0.4, -0.2) is 39.1 Å². The predicted molar refractivity (Wildman–Crippen MR) is 69.0 cm³/mol. The summed E-state index contributed by atoms with van der Waals surface area (Å²) in [6, 6.07) is 10.8. The molecule has 1 aliphatic heterocycles. The number of allylic oxidation sites excluding steroid dienone is 1. The summed E-state index contributed by atoms with van der Waals surface area (Å²) in [5.41, 5.74) is 1.42. The van der Waals surface area contributed by atoms with E-state index in [9.17, 15) is 0 Å². The van der Waals surface area contributed by atoms with Gasteiger partial charge < -0.3 is 0 Å². The van der Waals surface area contributed by atoms with Crippen molar-refractivity contribution in [2.24, 2.45) is 0 Å². The van der Waals surface area contributed by atoms with Gasteiger partial charge in [-0.2, -0.15) is 0 Å². The van der Waals surface area contributed by atoms with Crippen LogP contribution in [0.5, 0.6) is 0 Å². The first-order chi connectivity index (χ1) is 7.68. The number of hydrogen-bond donors (Lipinski definition) is 0. The van der Waals surface area contributed by atoms with E-state index in [-0.39, 0.29) is 0 Å². The fourth-order valence-corrected chi connectivity index (χ4v) is 4.45. The summed E-state index contributed by atoms with van der Waals surface area (Å²) >= 11 is 0.584. The van der Waals surface area contributed by atoms with Gasteiger partial charge >= 0.3 is 104 Å². The zero-order chi connectivity index (χ0) is 11.5. The Hall–Kier alpha value is -0.761. The van der Waals surface area contributed by atoms with Crippen LogP contribution in [0.1, 0.15) is 17.4 Å². The quantitative estimate of drug-likeness (QED) is 0.769. The van der Waals surface area contributed by atoms with Gasteiger partial charge in [-0.15, -0.1) is 0 Å². The summed E-state index contributed by atoms with van der Waals surface area (Å²) in [4.78, 5) is 1.25. The molecule has 2 nitrogen and oxygen atoms in total. The van der Waals surface area contributed by atoms with Crippen molar-refractivity contribution in [2.45, 2.75) is 16.7 Å². The van der Waals surface area contributed by atoms with Crippen molar-refractivity contribution < 1.29 is 0 Å². The molecule has 0 N–H and O–H groups in total. The van der Waals surface area contributed by atoms with Crippen molar-refractivity contribution in [3.8, 4) is 0 Å². The van der Waals surface area contributed by atoms with Gasteiger partial charge in [0, 0.05) is 0 Å². The number of benzene rings is 1. The molecule has 2 atom stereocenters. The Labute approximate surface area is 104 Å². The van der Waals surface area contributed by atoms with Gasteiger partial charge in [0.05, 0.1) is 0 Å². The second-order valence-electron chi connectivity index (χ2n) is 4.17. The van der Waals surface area contributed by atoms with Crippen LogP contribution in [-0.2, 0) is 0 Å². The van der Waals surface area contributed by atoms with Crippen LogP contribution in [0, 0.1) is 0 Å². The van der Waals surface area contributed by atoms with E-state index >= 15 is 0 Å². The van der Waals surface area contributed by atoms with Crippen molar-refractivity contribution in [3.05, 3.63) is 48.2 Å². The molecule has 0 bridgehead atoms. The molecule has 0 saturated carbocycles. The molecule has 1 aromatic carbocycles. The molecule has 3 heteroatoms. The monoisotopic (exact) mass is 282 g/mol. The first kappa shape index (κ1) is 11.7. The number of hydrazine groups is 1. The Balaban J connectivity index is 2.27. The van der Waals surface area contributed by atoms with E-state index in [2.05, 4.69) is 73.6 Å². The number of nitrogens with zero attached hydrogens (tertiary/aromatic N) is 2. The maximum absolute atomic E-state index is 2.33. The molecule has 0 unspecified atom stereocenters. The van der Waals surface area contributed by atoms with Gasteiger partial charge in [-0.05, 0) is 0 Å². The van der Waals surface area contributed by atoms with Gasteiger partial charge in [-0.1, -0.05) is 0 Å². The third-order valence-electron chi connectivity index (χ3n) is 2.64. The summed E-state index contributed by atoms with van der Waals surface area (Å²) in [5, 5.41) is 4.50. The van der Waals surface area contributed by atoms with Crippen LogP contribution >= 0.6 is 0 Å². The van der Waals surface area contributed by atoms with Crippen molar-refractivity contribution in [3.63, 3.8) is 0 Å². The van der Waals surface area contributed by atoms with Crippen LogP contribution in [0.15, 0.2) is 42.6 Å². The summed E-state index contributed by atoms with van der Waals surface area (Å²) in [6.45, 7) is 2.31.